The Labute approximate surface area is 180 Å². The zero-order chi connectivity index (χ0) is 20.8. The Morgan fingerprint density at radius 1 is 0.767 bits per heavy atom. The van der Waals surface area contributed by atoms with Gasteiger partial charge in [-0.3, -0.25) is 9.69 Å². The van der Waals surface area contributed by atoms with Crippen molar-refractivity contribution in [3.8, 4) is 0 Å². The van der Waals surface area contributed by atoms with E-state index in [-0.39, 0.29) is 17.9 Å². The highest BCUT2D eigenvalue weighted by atomic mass is 16.2. The van der Waals surface area contributed by atoms with Gasteiger partial charge in [0, 0.05) is 32.2 Å². The van der Waals surface area contributed by atoms with E-state index in [9.17, 15) is 4.79 Å². The average Bonchev–Trinajstić information content (AvgIpc) is 2.79. The lowest BCUT2D eigenvalue weighted by atomic mass is 9.90. The van der Waals surface area contributed by atoms with Gasteiger partial charge in [-0.15, -0.1) is 0 Å². The summed E-state index contributed by atoms with van der Waals surface area (Å²) in [4.78, 5) is 17.8. The summed E-state index contributed by atoms with van der Waals surface area (Å²) < 4.78 is 0. The van der Waals surface area contributed by atoms with Gasteiger partial charge in [0.2, 0.25) is 5.91 Å². The molecule has 1 aliphatic rings. The average molecular weight is 399 g/mol. The number of rotatable bonds is 7. The zero-order valence-electron chi connectivity index (χ0n) is 17.7. The van der Waals surface area contributed by atoms with Crippen LogP contribution in [0.5, 0.6) is 0 Å². The summed E-state index contributed by atoms with van der Waals surface area (Å²) in [6.07, 6.45) is 0.999. The van der Waals surface area contributed by atoms with E-state index >= 15 is 0 Å². The molecular weight excluding hydrogens is 368 g/mol. The number of hydrogen-bond donors (Lipinski definition) is 0. The minimum Gasteiger partial charge on any atom is -0.338 e. The van der Waals surface area contributed by atoms with Crippen LogP contribution in [0.3, 0.4) is 0 Å². The normalized spacial score (nSPS) is 19.3. The van der Waals surface area contributed by atoms with Crippen LogP contribution in [0.2, 0.25) is 0 Å². The van der Waals surface area contributed by atoms with Crippen molar-refractivity contribution in [2.24, 2.45) is 5.92 Å². The predicted octanol–water partition coefficient (Wildman–Crippen LogP) is 5.13. The van der Waals surface area contributed by atoms with Crippen LogP contribution < -0.4 is 0 Å². The summed E-state index contributed by atoms with van der Waals surface area (Å²) in [5, 5.41) is 0. The number of carbonyl (C=O) groups excluding carboxylic acids is 1. The van der Waals surface area contributed by atoms with Crippen LogP contribution in [0.15, 0.2) is 91.0 Å². The summed E-state index contributed by atoms with van der Waals surface area (Å²) in [6.45, 7) is 5.33. The van der Waals surface area contributed by atoms with Gasteiger partial charge in [0.1, 0.15) is 0 Å². The molecule has 0 aliphatic carbocycles. The van der Waals surface area contributed by atoms with Crippen molar-refractivity contribution in [1.29, 1.82) is 0 Å². The van der Waals surface area contributed by atoms with E-state index in [1.165, 1.54) is 16.7 Å². The molecule has 3 nitrogen and oxygen atoms in total. The van der Waals surface area contributed by atoms with E-state index in [4.69, 9.17) is 0 Å². The van der Waals surface area contributed by atoms with E-state index in [1.807, 2.05) is 23.1 Å². The number of benzene rings is 3. The van der Waals surface area contributed by atoms with Crippen molar-refractivity contribution in [3.63, 3.8) is 0 Å². The van der Waals surface area contributed by atoms with Gasteiger partial charge in [0.15, 0.2) is 0 Å². The molecule has 0 bridgehead atoms. The molecule has 1 heterocycles. The Balaban J connectivity index is 1.50. The van der Waals surface area contributed by atoms with Crippen LogP contribution in [0, 0.1) is 5.92 Å². The minimum atomic E-state index is -0.0186. The summed E-state index contributed by atoms with van der Waals surface area (Å²) in [6, 6.07) is 31.7. The molecular formula is C27H30N2O. The third-order valence-electron chi connectivity index (χ3n) is 6.12. The molecule has 3 aromatic rings. The van der Waals surface area contributed by atoms with E-state index < -0.39 is 0 Å². The van der Waals surface area contributed by atoms with E-state index in [1.54, 1.807) is 0 Å². The lowest BCUT2D eigenvalue weighted by molar-refractivity contribution is -0.142. The second-order valence-corrected chi connectivity index (χ2v) is 8.27. The molecule has 1 saturated heterocycles. The highest BCUT2D eigenvalue weighted by Gasteiger charge is 2.36. The van der Waals surface area contributed by atoms with Crippen LogP contribution in [0.4, 0.5) is 0 Å². The van der Waals surface area contributed by atoms with Crippen LogP contribution >= 0.6 is 0 Å². The molecule has 2 atom stereocenters. The van der Waals surface area contributed by atoms with Crippen molar-refractivity contribution in [2.75, 3.05) is 6.54 Å². The number of hydrogen-bond acceptors (Lipinski definition) is 2. The molecule has 0 radical (unpaired) electrons. The molecule has 30 heavy (non-hydrogen) atoms. The fraction of sp³-hybridized carbons (Fsp3) is 0.296. The van der Waals surface area contributed by atoms with Gasteiger partial charge in [-0.25, -0.2) is 0 Å². The minimum absolute atomic E-state index is 0.0186. The summed E-state index contributed by atoms with van der Waals surface area (Å²) in [5.41, 5.74) is 3.78. The Bertz CT molecular complexity index is 885. The molecule has 0 saturated carbocycles. The molecule has 0 spiro atoms. The largest absolute Gasteiger partial charge is 0.338 e. The van der Waals surface area contributed by atoms with Crippen molar-refractivity contribution < 1.29 is 4.79 Å². The fourth-order valence-electron chi connectivity index (χ4n) is 4.49. The Morgan fingerprint density at radius 3 is 1.73 bits per heavy atom. The van der Waals surface area contributed by atoms with Crippen LogP contribution in [-0.2, 0) is 24.4 Å². The maximum atomic E-state index is 13.2. The van der Waals surface area contributed by atoms with Crippen LogP contribution in [-0.4, -0.2) is 28.3 Å². The predicted molar refractivity (Wildman–Crippen MR) is 122 cm³/mol. The van der Waals surface area contributed by atoms with Crippen LogP contribution in [0.1, 0.15) is 30.0 Å². The van der Waals surface area contributed by atoms with Crippen LogP contribution in [0.25, 0.3) is 0 Å². The first-order valence-corrected chi connectivity index (χ1v) is 10.9. The first kappa shape index (κ1) is 20.4. The maximum absolute atomic E-state index is 13.2. The molecule has 4 rings (SSSR count). The number of likely N-dealkylation sites (tertiary alicyclic amines) is 1. The zero-order valence-corrected chi connectivity index (χ0v) is 17.7. The first-order valence-electron chi connectivity index (χ1n) is 10.9. The van der Waals surface area contributed by atoms with Crippen molar-refractivity contribution in [2.45, 2.75) is 39.0 Å². The van der Waals surface area contributed by atoms with Gasteiger partial charge in [-0.1, -0.05) is 97.9 Å². The highest BCUT2D eigenvalue weighted by Crippen LogP contribution is 2.27. The van der Waals surface area contributed by atoms with Gasteiger partial charge >= 0.3 is 0 Å². The Kier molecular flexibility index (Phi) is 6.60. The maximum Gasteiger partial charge on any atom is 0.227 e. The molecule has 1 amide bonds. The highest BCUT2D eigenvalue weighted by molar-refractivity contribution is 5.80. The van der Waals surface area contributed by atoms with Crippen molar-refractivity contribution >= 4 is 5.91 Å². The van der Waals surface area contributed by atoms with E-state index in [0.717, 1.165) is 26.1 Å². The second-order valence-electron chi connectivity index (χ2n) is 8.27. The smallest absolute Gasteiger partial charge is 0.227 e. The molecule has 1 aliphatic heterocycles. The Hall–Kier alpha value is -2.91. The monoisotopic (exact) mass is 398 g/mol. The third kappa shape index (κ3) is 4.98. The standard InChI is InChI=1S/C27H30N2O/c1-22-26(17-18-28(27(22)30)19-23-11-5-2-6-12-23)29(20-24-13-7-3-8-14-24)21-25-15-9-4-10-16-25/h2-16,22,26H,17-21H2,1H3/t22-,26+/m1/s1. The van der Waals surface area contributed by atoms with Crippen molar-refractivity contribution in [1.82, 2.24) is 9.80 Å². The SMILES string of the molecule is C[C@H]1C(=O)N(Cc2ccccc2)CC[C@@H]1N(Cc1ccccc1)Cc1ccccc1. The number of nitrogens with zero attached hydrogens (tertiary/aromatic N) is 2. The van der Waals surface area contributed by atoms with E-state index in [0.29, 0.717) is 6.54 Å². The molecule has 3 heteroatoms. The quantitative estimate of drug-likeness (QED) is 0.551. The Morgan fingerprint density at radius 2 is 1.23 bits per heavy atom. The second kappa shape index (κ2) is 9.73. The molecule has 154 valence electrons. The number of piperidine rings is 1. The summed E-state index contributed by atoms with van der Waals surface area (Å²) in [7, 11) is 0. The fourth-order valence-corrected chi connectivity index (χ4v) is 4.49. The topological polar surface area (TPSA) is 23.6 Å². The van der Waals surface area contributed by atoms with Gasteiger partial charge in [0.25, 0.3) is 0 Å². The lowest BCUT2D eigenvalue weighted by Crippen LogP contribution is -2.52. The van der Waals surface area contributed by atoms with Gasteiger partial charge in [-0.2, -0.15) is 0 Å². The molecule has 0 unspecified atom stereocenters. The van der Waals surface area contributed by atoms with Crippen molar-refractivity contribution in [3.05, 3.63) is 108 Å². The van der Waals surface area contributed by atoms with Gasteiger partial charge < -0.3 is 4.90 Å². The molecule has 0 N–H and O–H groups in total. The molecule has 3 aromatic carbocycles. The number of carbonyl (C=O) groups is 1. The van der Waals surface area contributed by atoms with Gasteiger partial charge in [0.05, 0.1) is 5.92 Å². The number of amides is 1. The summed E-state index contributed by atoms with van der Waals surface area (Å²) >= 11 is 0. The lowest BCUT2D eigenvalue weighted by Gasteiger charge is -2.42. The molecule has 1 fully saturated rings. The summed E-state index contributed by atoms with van der Waals surface area (Å²) in [5.74, 6) is 0.246. The van der Waals surface area contributed by atoms with E-state index in [2.05, 4.69) is 84.6 Å². The van der Waals surface area contributed by atoms with Gasteiger partial charge in [-0.05, 0) is 23.1 Å². The first-order chi connectivity index (χ1) is 14.7. The molecule has 0 aromatic heterocycles. The third-order valence-corrected chi connectivity index (χ3v) is 6.12.